The monoisotopic (exact) mass is 481 g/mol. The Morgan fingerprint density at radius 3 is 2.53 bits per heavy atom. The van der Waals surface area contributed by atoms with Crippen LogP contribution in [-0.4, -0.2) is 39.5 Å². The first kappa shape index (κ1) is 22.7. The van der Waals surface area contributed by atoms with Crippen LogP contribution in [0.3, 0.4) is 0 Å². The molecular formula is C25H25F2N5OS. The van der Waals surface area contributed by atoms with Gasteiger partial charge in [-0.1, -0.05) is 25.1 Å². The molecule has 0 radical (unpaired) electrons. The molecule has 0 aliphatic carbocycles. The number of rotatable bonds is 5. The van der Waals surface area contributed by atoms with Crippen LogP contribution < -0.4 is 4.90 Å². The normalized spacial score (nSPS) is 14.9. The number of hydrogen-bond donors (Lipinski definition) is 0. The molecule has 0 N–H and O–H groups in total. The molecule has 0 amide bonds. The standard InChI is InChI=1S/C25H25F2N5OS/c1-14(2)23-30-25(33-31-23)15-6-8-32(9-7-15)24-20-11-16(26)10-19(22(20)28-13-29-24)18-5-4-17(34-3)12-21(18)27/h4-5,10-15H,6-9H2,1-3H3. The lowest BCUT2D eigenvalue weighted by atomic mass is 9.96. The van der Waals surface area contributed by atoms with Crippen LogP contribution in [0.25, 0.3) is 22.0 Å². The van der Waals surface area contributed by atoms with Gasteiger partial charge in [0.1, 0.15) is 23.8 Å². The molecule has 2 aromatic carbocycles. The molecule has 2 aromatic heterocycles. The van der Waals surface area contributed by atoms with E-state index < -0.39 is 11.6 Å². The predicted octanol–water partition coefficient (Wildman–Crippen LogP) is 6.19. The molecule has 4 aromatic rings. The molecule has 1 fully saturated rings. The summed E-state index contributed by atoms with van der Waals surface area (Å²) in [6, 6.07) is 7.74. The first-order valence-electron chi connectivity index (χ1n) is 11.3. The van der Waals surface area contributed by atoms with Gasteiger partial charge in [0, 0.05) is 46.3 Å². The number of piperidine rings is 1. The average molecular weight is 482 g/mol. The van der Waals surface area contributed by atoms with Gasteiger partial charge in [-0.15, -0.1) is 11.8 Å². The van der Waals surface area contributed by atoms with E-state index in [0.717, 1.165) is 23.6 Å². The zero-order valence-corrected chi connectivity index (χ0v) is 20.1. The molecule has 0 unspecified atom stereocenters. The van der Waals surface area contributed by atoms with Crippen molar-refractivity contribution in [3.05, 3.63) is 60.0 Å². The van der Waals surface area contributed by atoms with Gasteiger partial charge < -0.3 is 9.42 Å². The van der Waals surface area contributed by atoms with Crippen molar-refractivity contribution in [1.82, 2.24) is 20.1 Å². The van der Waals surface area contributed by atoms with E-state index in [0.29, 0.717) is 46.8 Å². The Morgan fingerprint density at radius 1 is 1.06 bits per heavy atom. The van der Waals surface area contributed by atoms with Gasteiger partial charge in [-0.3, -0.25) is 0 Å². The highest BCUT2D eigenvalue weighted by molar-refractivity contribution is 7.98. The molecule has 1 aliphatic rings. The zero-order chi connectivity index (χ0) is 23.8. The summed E-state index contributed by atoms with van der Waals surface area (Å²) in [5.74, 6) is 1.59. The molecule has 5 rings (SSSR count). The van der Waals surface area contributed by atoms with Gasteiger partial charge in [0.2, 0.25) is 5.89 Å². The van der Waals surface area contributed by atoms with Crippen LogP contribution in [-0.2, 0) is 0 Å². The minimum Gasteiger partial charge on any atom is -0.356 e. The predicted molar refractivity (Wildman–Crippen MR) is 129 cm³/mol. The fraction of sp³-hybridized carbons (Fsp3) is 0.360. The van der Waals surface area contributed by atoms with Crippen molar-refractivity contribution < 1.29 is 13.3 Å². The number of nitrogens with zero attached hydrogens (tertiary/aromatic N) is 5. The van der Waals surface area contributed by atoms with Crippen LogP contribution in [0, 0.1) is 11.6 Å². The maximum absolute atomic E-state index is 14.9. The fourth-order valence-electron chi connectivity index (χ4n) is 4.40. The first-order valence-corrected chi connectivity index (χ1v) is 12.5. The highest BCUT2D eigenvalue weighted by Gasteiger charge is 2.27. The average Bonchev–Trinajstić information content (AvgIpc) is 3.34. The second-order valence-corrected chi connectivity index (χ2v) is 9.68. The second-order valence-electron chi connectivity index (χ2n) is 8.80. The van der Waals surface area contributed by atoms with Crippen molar-refractivity contribution in [1.29, 1.82) is 0 Å². The molecule has 6 nitrogen and oxygen atoms in total. The Balaban J connectivity index is 1.46. The van der Waals surface area contributed by atoms with Gasteiger partial charge >= 0.3 is 0 Å². The van der Waals surface area contributed by atoms with Crippen molar-refractivity contribution in [2.24, 2.45) is 0 Å². The SMILES string of the molecule is CSc1ccc(-c2cc(F)cc3c(N4CCC(c5nc(C(C)C)no5)CC4)ncnc23)c(F)c1. The molecule has 34 heavy (non-hydrogen) atoms. The smallest absolute Gasteiger partial charge is 0.229 e. The molecule has 0 bridgehead atoms. The number of halogens is 2. The van der Waals surface area contributed by atoms with Crippen molar-refractivity contribution in [2.45, 2.75) is 43.4 Å². The minimum atomic E-state index is -0.450. The third-order valence-corrected chi connectivity index (χ3v) is 6.99. The zero-order valence-electron chi connectivity index (χ0n) is 19.3. The summed E-state index contributed by atoms with van der Waals surface area (Å²) in [5.41, 5.74) is 1.27. The van der Waals surface area contributed by atoms with E-state index in [2.05, 4.69) is 25.0 Å². The topological polar surface area (TPSA) is 67.9 Å². The summed E-state index contributed by atoms with van der Waals surface area (Å²) < 4.78 is 35.1. The Bertz CT molecular complexity index is 1330. The third-order valence-electron chi connectivity index (χ3n) is 6.27. The van der Waals surface area contributed by atoms with E-state index in [4.69, 9.17) is 4.52 Å². The van der Waals surface area contributed by atoms with Crippen molar-refractivity contribution in [3.8, 4) is 11.1 Å². The third kappa shape index (κ3) is 4.24. The first-order chi connectivity index (χ1) is 16.4. The van der Waals surface area contributed by atoms with E-state index >= 15 is 0 Å². The number of hydrogen-bond acceptors (Lipinski definition) is 7. The summed E-state index contributed by atoms with van der Waals surface area (Å²) in [5, 5.41) is 4.65. The number of fused-ring (bicyclic) bond motifs is 1. The van der Waals surface area contributed by atoms with E-state index in [1.807, 2.05) is 26.2 Å². The van der Waals surface area contributed by atoms with Crippen LogP contribution in [0.1, 0.15) is 50.2 Å². The number of anilines is 1. The van der Waals surface area contributed by atoms with Gasteiger partial charge in [-0.25, -0.2) is 18.7 Å². The van der Waals surface area contributed by atoms with E-state index in [1.165, 1.54) is 36.3 Å². The summed E-state index contributed by atoms with van der Waals surface area (Å²) in [4.78, 5) is 16.4. The summed E-state index contributed by atoms with van der Waals surface area (Å²) in [7, 11) is 0. The Labute approximate surface area is 200 Å². The van der Waals surface area contributed by atoms with E-state index in [1.54, 1.807) is 6.07 Å². The molecule has 1 saturated heterocycles. The summed E-state index contributed by atoms with van der Waals surface area (Å²) >= 11 is 1.45. The number of thioether (sulfide) groups is 1. The molecule has 3 heterocycles. The number of aromatic nitrogens is 4. The highest BCUT2D eigenvalue weighted by Crippen LogP contribution is 2.37. The highest BCUT2D eigenvalue weighted by atomic mass is 32.2. The summed E-state index contributed by atoms with van der Waals surface area (Å²) in [6.07, 6.45) is 4.99. The van der Waals surface area contributed by atoms with Crippen LogP contribution in [0.15, 0.2) is 46.1 Å². The lowest BCUT2D eigenvalue weighted by molar-refractivity contribution is 0.326. The second kappa shape index (κ2) is 9.29. The van der Waals surface area contributed by atoms with Crippen molar-refractivity contribution in [3.63, 3.8) is 0 Å². The van der Waals surface area contributed by atoms with Gasteiger partial charge in [0.15, 0.2) is 5.82 Å². The van der Waals surface area contributed by atoms with Crippen molar-refractivity contribution in [2.75, 3.05) is 24.2 Å². The molecule has 0 spiro atoms. The number of benzene rings is 2. The van der Waals surface area contributed by atoms with Crippen LogP contribution in [0.5, 0.6) is 0 Å². The summed E-state index contributed by atoms with van der Waals surface area (Å²) in [6.45, 7) is 5.49. The molecular weight excluding hydrogens is 456 g/mol. The Kier molecular flexibility index (Phi) is 6.20. The van der Waals surface area contributed by atoms with Gasteiger partial charge in [-0.05, 0) is 43.4 Å². The molecule has 9 heteroatoms. The molecule has 176 valence electrons. The lowest BCUT2D eigenvalue weighted by Gasteiger charge is -2.32. The van der Waals surface area contributed by atoms with Gasteiger partial charge in [-0.2, -0.15) is 4.98 Å². The lowest BCUT2D eigenvalue weighted by Crippen LogP contribution is -2.33. The minimum absolute atomic E-state index is 0.181. The fourth-order valence-corrected chi connectivity index (χ4v) is 4.83. The van der Waals surface area contributed by atoms with E-state index in [9.17, 15) is 8.78 Å². The van der Waals surface area contributed by atoms with E-state index in [-0.39, 0.29) is 11.8 Å². The molecule has 0 atom stereocenters. The van der Waals surface area contributed by atoms with Crippen LogP contribution in [0.4, 0.5) is 14.6 Å². The maximum atomic E-state index is 14.9. The van der Waals surface area contributed by atoms with Crippen molar-refractivity contribution >= 4 is 28.5 Å². The maximum Gasteiger partial charge on any atom is 0.229 e. The molecule has 0 saturated carbocycles. The van der Waals surface area contributed by atoms with Crippen LogP contribution in [0.2, 0.25) is 0 Å². The quantitative estimate of drug-likeness (QED) is 0.315. The Hall–Kier alpha value is -3.07. The Morgan fingerprint density at radius 2 is 1.85 bits per heavy atom. The van der Waals surface area contributed by atoms with Crippen LogP contribution >= 0.6 is 11.8 Å². The van der Waals surface area contributed by atoms with Gasteiger partial charge in [0.25, 0.3) is 0 Å². The largest absolute Gasteiger partial charge is 0.356 e. The molecule has 1 aliphatic heterocycles. The van der Waals surface area contributed by atoms with Gasteiger partial charge in [0.05, 0.1) is 5.52 Å².